The van der Waals surface area contributed by atoms with E-state index in [9.17, 15) is 16.8 Å². The van der Waals surface area contributed by atoms with Crippen LogP contribution in [0, 0.1) is 0 Å². The summed E-state index contributed by atoms with van der Waals surface area (Å²) in [6.07, 6.45) is 4.60. The third-order valence-electron chi connectivity index (χ3n) is 3.78. The Morgan fingerprint density at radius 2 is 1.92 bits per heavy atom. The molecule has 144 valence electrons. The first-order chi connectivity index (χ1) is 10.5. The van der Waals surface area contributed by atoms with Crippen molar-refractivity contribution in [3.8, 4) is 0 Å². The molecule has 0 saturated carbocycles. The first kappa shape index (κ1) is 23.9. The highest BCUT2D eigenvalue weighted by molar-refractivity contribution is 14.0. The second-order valence-electron chi connectivity index (χ2n) is 6.09. The molecule has 24 heavy (non-hydrogen) atoms. The van der Waals surface area contributed by atoms with E-state index in [4.69, 9.17) is 0 Å². The third-order valence-corrected chi connectivity index (χ3v) is 6.09. The zero-order chi connectivity index (χ0) is 17.7. The number of hydrogen-bond acceptors (Lipinski definition) is 5. The summed E-state index contributed by atoms with van der Waals surface area (Å²) in [5.41, 5.74) is 0. The maximum absolute atomic E-state index is 11.7. The summed E-state index contributed by atoms with van der Waals surface area (Å²) in [7, 11) is -4.55. The molecule has 0 aromatic heterocycles. The molecular formula is C13H29IN4O4S2. The Kier molecular flexibility index (Phi) is 10.1. The van der Waals surface area contributed by atoms with Crippen molar-refractivity contribution >= 4 is 49.8 Å². The lowest BCUT2D eigenvalue weighted by Crippen LogP contribution is -2.48. The predicted molar refractivity (Wildman–Crippen MR) is 108 cm³/mol. The molecule has 2 atom stereocenters. The van der Waals surface area contributed by atoms with Gasteiger partial charge in [0.1, 0.15) is 9.84 Å². The number of guanidine groups is 1. The van der Waals surface area contributed by atoms with Crippen LogP contribution in [0.2, 0.25) is 0 Å². The first-order valence-corrected chi connectivity index (χ1v) is 11.6. The highest BCUT2D eigenvalue weighted by atomic mass is 127. The largest absolute Gasteiger partial charge is 0.355 e. The molecule has 1 saturated heterocycles. The maximum Gasteiger partial charge on any atom is 0.211 e. The summed E-state index contributed by atoms with van der Waals surface area (Å²) in [5, 5.41) is 6.25. The van der Waals surface area contributed by atoms with Crippen LogP contribution in [0.3, 0.4) is 0 Å². The van der Waals surface area contributed by atoms with Crippen LogP contribution in [0.15, 0.2) is 4.99 Å². The minimum absolute atomic E-state index is 0. The average molecular weight is 496 g/mol. The van der Waals surface area contributed by atoms with E-state index in [1.54, 1.807) is 7.05 Å². The molecular weight excluding hydrogens is 467 g/mol. The molecule has 0 radical (unpaired) electrons. The van der Waals surface area contributed by atoms with Crippen LogP contribution in [-0.2, 0) is 19.9 Å². The van der Waals surface area contributed by atoms with Crippen LogP contribution in [0.25, 0.3) is 0 Å². The maximum atomic E-state index is 11.7. The number of hydrogen-bond donors (Lipinski definition) is 2. The van der Waals surface area contributed by atoms with Gasteiger partial charge >= 0.3 is 0 Å². The lowest BCUT2D eigenvalue weighted by atomic mass is 10.2. The van der Waals surface area contributed by atoms with Crippen molar-refractivity contribution in [1.82, 2.24) is 14.9 Å². The van der Waals surface area contributed by atoms with E-state index in [2.05, 4.69) is 15.6 Å². The Morgan fingerprint density at radius 3 is 2.42 bits per heavy atom. The number of rotatable bonds is 7. The Morgan fingerprint density at radius 1 is 1.29 bits per heavy atom. The van der Waals surface area contributed by atoms with Gasteiger partial charge in [-0.2, -0.15) is 4.31 Å². The molecule has 0 aromatic carbocycles. The molecule has 0 bridgehead atoms. The Labute approximate surface area is 162 Å². The van der Waals surface area contributed by atoms with Gasteiger partial charge in [-0.15, -0.1) is 24.0 Å². The molecule has 0 aromatic rings. The van der Waals surface area contributed by atoms with Gasteiger partial charge in [-0.25, -0.2) is 16.8 Å². The molecule has 1 rings (SSSR count). The summed E-state index contributed by atoms with van der Waals surface area (Å²) in [6, 6.07) is -0.125. The standard InChI is InChI=1S/C13H28N4O4S2.HI/c1-11(7-9-22(3,18)19)16-13(14-2)15-10-12-6-5-8-17(12)23(4,20)21;/h11-12H,5-10H2,1-4H3,(H2,14,15,16);1H/t11?,12-;/m1./s1. The Balaban J connectivity index is 0.00000529. The smallest absolute Gasteiger partial charge is 0.211 e. The SMILES string of the molecule is CN=C(NC[C@H]1CCCN1S(C)(=O)=O)NC(C)CCS(C)(=O)=O.I. The van der Waals surface area contributed by atoms with E-state index >= 15 is 0 Å². The number of sulfonamides is 1. The van der Waals surface area contributed by atoms with Crippen molar-refractivity contribution in [2.75, 3.05) is 38.4 Å². The molecule has 8 nitrogen and oxygen atoms in total. The predicted octanol–water partition coefficient (Wildman–Crippen LogP) is 0.0166. The molecule has 1 aliphatic heterocycles. The third kappa shape index (κ3) is 8.81. The van der Waals surface area contributed by atoms with Crippen LogP contribution in [0.4, 0.5) is 0 Å². The van der Waals surface area contributed by atoms with Gasteiger partial charge in [0.25, 0.3) is 0 Å². The lowest BCUT2D eigenvalue weighted by Gasteiger charge is -2.24. The molecule has 1 fully saturated rings. The molecule has 0 spiro atoms. The van der Waals surface area contributed by atoms with Gasteiger partial charge in [0.15, 0.2) is 5.96 Å². The van der Waals surface area contributed by atoms with Gasteiger partial charge in [-0.05, 0) is 26.2 Å². The fraction of sp³-hybridized carbons (Fsp3) is 0.923. The monoisotopic (exact) mass is 496 g/mol. The zero-order valence-corrected chi connectivity index (χ0v) is 18.6. The van der Waals surface area contributed by atoms with Gasteiger partial charge in [0, 0.05) is 38.5 Å². The summed E-state index contributed by atoms with van der Waals surface area (Å²) in [4.78, 5) is 4.10. The Hall–Kier alpha value is -0.140. The Bertz CT molecular complexity index is 622. The van der Waals surface area contributed by atoms with Crippen LogP contribution >= 0.6 is 24.0 Å². The number of nitrogens with one attached hydrogen (secondary N) is 2. The second kappa shape index (κ2) is 10.1. The van der Waals surface area contributed by atoms with Crippen molar-refractivity contribution < 1.29 is 16.8 Å². The molecule has 1 heterocycles. The number of sulfone groups is 1. The van der Waals surface area contributed by atoms with E-state index in [1.807, 2.05) is 6.92 Å². The number of aliphatic imine (C=N–C) groups is 1. The van der Waals surface area contributed by atoms with Crippen LogP contribution < -0.4 is 10.6 Å². The fourth-order valence-electron chi connectivity index (χ4n) is 2.56. The van der Waals surface area contributed by atoms with E-state index in [-0.39, 0.29) is 41.8 Å². The van der Waals surface area contributed by atoms with Gasteiger partial charge in [-0.3, -0.25) is 4.99 Å². The topological polar surface area (TPSA) is 108 Å². The number of nitrogens with zero attached hydrogens (tertiary/aromatic N) is 2. The van der Waals surface area contributed by atoms with Crippen molar-refractivity contribution in [3.63, 3.8) is 0 Å². The van der Waals surface area contributed by atoms with E-state index < -0.39 is 19.9 Å². The zero-order valence-electron chi connectivity index (χ0n) is 14.6. The molecule has 2 N–H and O–H groups in total. The average Bonchev–Trinajstić information content (AvgIpc) is 2.88. The van der Waals surface area contributed by atoms with Crippen molar-refractivity contribution in [2.45, 2.75) is 38.3 Å². The molecule has 0 aliphatic carbocycles. The molecule has 1 unspecified atom stereocenters. The van der Waals surface area contributed by atoms with Crippen molar-refractivity contribution in [1.29, 1.82) is 0 Å². The highest BCUT2D eigenvalue weighted by Crippen LogP contribution is 2.19. The second-order valence-corrected chi connectivity index (χ2v) is 10.3. The van der Waals surface area contributed by atoms with Gasteiger partial charge in [-0.1, -0.05) is 0 Å². The summed E-state index contributed by atoms with van der Waals surface area (Å²) >= 11 is 0. The van der Waals surface area contributed by atoms with Gasteiger partial charge in [0.05, 0.1) is 12.0 Å². The van der Waals surface area contributed by atoms with E-state index in [0.29, 0.717) is 25.5 Å². The normalized spacial score (nSPS) is 21.2. The molecule has 1 aliphatic rings. The minimum Gasteiger partial charge on any atom is -0.355 e. The summed E-state index contributed by atoms with van der Waals surface area (Å²) in [5.74, 6) is 0.661. The summed E-state index contributed by atoms with van der Waals surface area (Å²) in [6.45, 7) is 2.92. The fourth-order valence-corrected chi connectivity index (χ4v) is 4.52. The van der Waals surface area contributed by atoms with Crippen molar-refractivity contribution in [3.05, 3.63) is 0 Å². The molecule has 11 heteroatoms. The van der Waals surface area contributed by atoms with Crippen molar-refractivity contribution in [2.24, 2.45) is 4.99 Å². The van der Waals surface area contributed by atoms with Crippen LogP contribution in [-0.4, -0.2) is 77.6 Å². The van der Waals surface area contributed by atoms with Crippen LogP contribution in [0.5, 0.6) is 0 Å². The van der Waals surface area contributed by atoms with Crippen LogP contribution in [0.1, 0.15) is 26.2 Å². The van der Waals surface area contributed by atoms with E-state index in [0.717, 1.165) is 12.8 Å². The quantitative estimate of drug-likeness (QED) is 0.292. The first-order valence-electron chi connectivity index (χ1n) is 7.64. The van der Waals surface area contributed by atoms with Gasteiger partial charge < -0.3 is 10.6 Å². The highest BCUT2D eigenvalue weighted by Gasteiger charge is 2.31. The number of halogens is 1. The minimum atomic E-state index is -3.19. The summed E-state index contributed by atoms with van der Waals surface area (Å²) < 4.78 is 47.3. The van der Waals surface area contributed by atoms with Gasteiger partial charge in [0.2, 0.25) is 10.0 Å². The molecule has 0 amide bonds. The van der Waals surface area contributed by atoms with E-state index in [1.165, 1.54) is 16.8 Å². The lowest BCUT2D eigenvalue weighted by molar-refractivity contribution is 0.387.